The SMILES string of the molecule is Cc1ccc(NC(=O)c2cccc(C(F)(F)F)c2)cc1-n1c(C2CC2)c2cnc(Nc3cccnc3)nc2nc1=O. The molecule has 0 saturated heterocycles. The highest BCUT2D eigenvalue weighted by molar-refractivity contribution is 6.04. The molecule has 6 rings (SSSR count). The minimum atomic E-state index is -4.57. The highest BCUT2D eigenvalue weighted by Gasteiger charge is 2.32. The Kier molecular flexibility index (Phi) is 6.45. The van der Waals surface area contributed by atoms with Crippen LogP contribution in [0.2, 0.25) is 0 Å². The Morgan fingerprint density at radius 1 is 1.00 bits per heavy atom. The number of amides is 1. The molecule has 0 spiro atoms. The fourth-order valence-electron chi connectivity index (χ4n) is 4.59. The summed E-state index contributed by atoms with van der Waals surface area (Å²) in [6.07, 6.45) is 2.07. The van der Waals surface area contributed by atoms with E-state index in [9.17, 15) is 22.8 Å². The van der Waals surface area contributed by atoms with Gasteiger partial charge in [0, 0.05) is 35.3 Å². The van der Waals surface area contributed by atoms with Crippen LogP contribution in [0.3, 0.4) is 0 Å². The van der Waals surface area contributed by atoms with E-state index in [0.29, 0.717) is 22.4 Å². The van der Waals surface area contributed by atoms with Crippen LogP contribution < -0.4 is 16.3 Å². The minimum absolute atomic E-state index is 0.0942. The van der Waals surface area contributed by atoms with E-state index in [0.717, 1.165) is 36.2 Å². The Morgan fingerprint density at radius 3 is 2.56 bits per heavy atom. The summed E-state index contributed by atoms with van der Waals surface area (Å²) in [6.45, 7) is 1.82. The second kappa shape index (κ2) is 10.1. The monoisotopic (exact) mass is 557 g/mol. The Bertz CT molecular complexity index is 1850. The van der Waals surface area contributed by atoms with E-state index in [1.807, 2.05) is 13.0 Å². The summed E-state index contributed by atoms with van der Waals surface area (Å²) < 4.78 is 40.9. The van der Waals surface area contributed by atoms with Gasteiger partial charge in [-0.15, -0.1) is 0 Å². The van der Waals surface area contributed by atoms with Crippen LogP contribution >= 0.6 is 0 Å². The predicted molar refractivity (Wildman–Crippen MR) is 147 cm³/mol. The number of aryl methyl sites for hydroxylation is 1. The van der Waals surface area contributed by atoms with Gasteiger partial charge in [-0.1, -0.05) is 12.1 Å². The Hall–Kier alpha value is -5.13. The molecule has 1 amide bonds. The van der Waals surface area contributed by atoms with E-state index in [1.54, 1.807) is 42.9 Å². The third-order valence-corrected chi connectivity index (χ3v) is 6.72. The van der Waals surface area contributed by atoms with Crippen LogP contribution in [0.25, 0.3) is 16.7 Å². The summed E-state index contributed by atoms with van der Waals surface area (Å²) in [4.78, 5) is 43.5. The summed E-state index contributed by atoms with van der Waals surface area (Å²) in [6, 6.07) is 12.7. The number of nitrogens with zero attached hydrogens (tertiary/aromatic N) is 5. The zero-order valence-electron chi connectivity index (χ0n) is 21.6. The molecule has 2 aromatic carbocycles. The van der Waals surface area contributed by atoms with Gasteiger partial charge in [0.15, 0.2) is 5.65 Å². The number of carbonyl (C=O) groups excluding carboxylic acids is 1. The van der Waals surface area contributed by atoms with Crippen LogP contribution in [0.1, 0.15) is 45.9 Å². The lowest BCUT2D eigenvalue weighted by Crippen LogP contribution is -2.26. The lowest BCUT2D eigenvalue weighted by atomic mass is 10.1. The van der Waals surface area contributed by atoms with E-state index >= 15 is 0 Å². The van der Waals surface area contributed by atoms with Gasteiger partial charge in [0.1, 0.15) is 0 Å². The van der Waals surface area contributed by atoms with Gasteiger partial charge in [0.25, 0.3) is 5.91 Å². The molecule has 0 bridgehead atoms. The normalized spacial score (nSPS) is 13.3. The molecule has 12 heteroatoms. The first-order valence-electron chi connectivity index (χ1n) is 12.7. The van der Waals surface area contributed by atoms with E-state index in [2.05, 4.69) is 30.6 Å². The summed E-state index contributed by atoms with van der Waals surface area (Å²) in [7, 11) is 0. The van der Waals surface area contributed by atoms with Crippen LogP contribution in [0, 0.1) is 6.92 Å². The number of anilines is 3. The number of aromatic nitrogens is 5. The zero-order valence-corrected chi connectivity index (χ0v) is 21.6. The molecule has 5 aromatic rings. The average molecular weight is 558 g/mol. The number of rotatable bonds is 6. The zero-order chi connectivity index (χ0) is 28.7. The topological polar surface area (TPSA) is 115 Å². The van der Waals surface area contributed by atoms with Crippen molar-refractivity contribution in [1.82, 2.24) is 24.5 Å². The van der Waals surface area contributed by atoms with Crippen LogP contribution in [0.5, 0.6) is 0 Å². The third-order valence-electron chi connectivity index (χ3n) is 6.72. The van der Waals surface area contributed by atoms with Crippen molar-refractivity contribution in [2.45, 2.75) is 31.9 Å². The quantitative estimate of drug-likeness (QED) is 0.272. The molecule has 41 heavy (non-hydrogen) atoms. The molecular weight excluding hydrogens is 535 g/mol. The maximum atomic E-state index is 13.5. The molecule has 1 aliphatic carbocycles. The van der Waals surface area contributed by atoms with Crippen molar-refractivity contribution in [3.63, 3.8) is 0 Å². The summed E-state index contributed by atoms with van der Waals surface area (Å²) in [5, 5.41) is 6.32. The van der Waals surface area contributed by atoms with Gasteiger partial charge >= 0.3 is 11.9 Å². The Balaban J connectivity index is 1.37. The number of hydrogen-bond donors (Lipinski definition) is 2. The second-order valence-electron chi connectivity index (χ2n) is 9.72. The molecule has 0 unspecified atom stereocenters. The summed E-state index contributed by atoms with van der Waals surface area (Å²) in [5.41, 5.74) is 1.59. The third kappa shape index (κ3) is 5.36. The highest BCUT2D eigenvalue weighted by Crippen LogP contribution is 2.43. The molecule has 3 heterocycles. The number of pyridine rings is 1. The first kappa shape index (κ1) is 26.1. The fourth-order valence-corrected chi connectivity index (χ4v) is 4.59. The molecule has 0 atom stereocenters. The maximum absolute atomic E-state index is 13.5. The maximum Gasteiger partial charge on any atom is 0.416 e. The summed E-state index contributed by atoms with van der Waals surface area (Å²) >= 11 is 0. The van der Waals surface area contributed by atoms with Crippen molar-refractivity contribution < 1.29 is 18.0 Å². The first-order chi connectivity index (χ1) is 19.7. The van der Waals surface area contributed by atoms with Gasteiger partial charge in [0.05, 0.1) is 28.5 Å². The minimum Gasteiger partial charge on any atom is -0.323 e. The van der Waals surface area contributed by atoms with Crippen molar-refractivity contribution in [3.8, 4) is 5.69 Å². The highest BCUT2D eigenvalue weighted by atomic mass is 19.4. The van der Waals surface area contributed by atoms with Crippen LogP contribution in [-0.2, 0) is 6.18 Å². The molecule has 9 nitrogen and oxygen atoms in total. The van der Waals surface area contributed by atoms with E-state index in [-0.39, 0.29) is 23.1 Å². The predicted octanol–water partition coefficient (Wildman–Crippen LogP) is 5.77. The first-order valence-corrected chi connectivity index (χ1v) is 12.7. The van der Waals surface area contributed by atoms with Crippen molar-refractivity contribution >= 4 is 34.3 Å². The number of nitrogens with one attached hydrogen (secondary N) is 2. The lowest BCUT2D eigenvalue weighted by molar-refractivity contribution is -0.137. The molecule has 1 saturated carbocycles. The number of benzene rings is 2. The van der Waals surface area contributed by atoms with Gasteiger partial charge in [0.2, 0.25) is 5.95 Å². The van der Waals surface area contributed by atoms with E-state index in [1.165, 1.54) is 16.7 Å². The molecule has 0 aliphatic heterocycles. The number of hydrogen-bond acceptors (Lipinski definition) is 7. The standard InChI is InChI=1S/C29H22F3N7O2/c1-16-7-10-20(35-26(40)18-4-2-5-19(12-18)29(30,31)32)13-23(16)39-24(17-8-9-17)22-15-34-27(37-25(22)38-28(39)41)36-21-6-3-11-33-14-21/h2-7,10-15,17H,8-9H2,1H3,(H,35,40)(H,36,37,38,41). The molecule has 3 aromatic heterocycles. The summed E-state index contributed by atoms with van der Waals surface area (Å²) in [5.74, 6) is -0.344. The fraction of sp³-hybridized carbons (Fsp3) is 0.172. The largest absolute Gasteiger partial charge is 0.416 e. The van der Waals surface area contributed by atoms with Crippen molar-refractivity contribution in [1.29, 1.82) is 0 Å². The second-order valence-corrected chi connectivity index (χ2v) is 9.72. The van der Waals surface area contributed by atoms with Gasteiger partial charge in [-0.2, -0.15) is 23.1 Å². The van der Waals surface area contributed by atoms with E-state index < -0.39 is 23.3 Å². The molecular formula is C29H22F3N7O2. The van der Waals surface area contributed by atoms with Gasteiger partial charge < -0.3 is 10.6 Å². The number of halogens is 3. The number of carbonyl (C=O) groups is 1. The smallest absolute Gasteiger partial charge is 0.323 e. The van der Waals surface area contributed by atoms with Crippen LogP contribution in [-0.4, -0.2) is 30.4 Å². The molecule has 1 aliphatic rings. The molecule has 206 valence electrons. The number of alkyl halides is 3. The van der Waals surface area contributed by atoms with Gasteiger partial charge in [-0.3, -0.25) is 14.3 Å². The van der Waals surface area contributed by atoms with Crippen molar-refractivity contribution in [2.24, 2.45) is 0 Å². The average Bonchev–Trinajstić information content (AvgIpc) is 3.79. The van der Waals surface area contributed by atoms with Crippen molar-refractivity contribution in [3.05, 3.63) is 106 Å². The van der Waals surface area contributed by atoms with Gasteiger partial charge in [-0.25, -0.2) is 9.78 Å². The number of fused-ring (bicyclic) bond motifs is 1. The lowest BCUT2D eigenvalue weighted by Gasteiger charge is -2.18. The van der Waals surface area contributed by atoms with E-state index in [4.69, 9.17) is 0 Å². The molecule has 1 fully saturated rings. The molecule has 2 N–H and O–H groups in total. The molecule has 0 radical (unpaired) electrons. The van der Waals surface area contributed by atoms with Crippen molar-refractivity contribution in [2.75, 3.05) is 10.6 Å². The Morgan fingerprint density at radius 2 is 1.83 bits per heavy atom. The van der Waals surface area contributed by atoms with Crippen LogP contribution in [0.4, 0.5) is 30.5 Å². The van der Waals surface area contributed by atoms with Gasteiger partial charge in [-0.05, 0) is 67.8 Å². The van der Waals surface area contributed by atoms with Crippen LogP contribution in [0.15, 0.2) is 78.0 Å². The Labute approximate surface area is 231 Å².